The van der Waals surface area contributed by atoms with Crippen molar-refractivity contribution >= 4 is 0 Å². The lowest BCUT2D eigenvalue weighted by molar-refractivity contribution is -0.265. The summed E-state index contributed by atoms with van der Waals surface area (Å²) in [6.45, 7) is 0. The fraction of sp³-hybridized carbons (Fsp3) is 0.333. The molecule has 0 aromatic heterocycles. The van der Waals surface area contributed by atoms with Crippen LogP contribution in [0.25, 0.3) is 0 Å². The Labute approximate surface area is 80.8 Å². The number of rotatable bonds is 2. The molecule has 0 atom stereocenters. The zero-order chi connectivity index (χ0) is 13.3. The molecule has 0 aromatic rings. The van der Waals surface area contributed by atoms with Crippen LogP contribution in [0.4, 0.5) is 43.9 Å². The summed E-state index contributed by atoms with van der Waals surface area (Å²) in [7, 11) is 0. The Kier molecular flexibility index (Phi) is 4.01. The quantitative estimate of drug-likeness (QED) is 0.510. The molecule has 0 radical (unpaired) electrons. The van der Waals surface area contributed by atoms with Crippen molar-refractivity contribution in [2.24, 2.45) is 0 Å². The summed E-state index contributed by atoms with van der Waals surface area (Å²) in [5, 5.41) is 0. The Hall–Kier alpha value is -1.22. The highest BCUT2D eigenvalue weighted by Crippen LogP contribution is 2.46. The number of alkyl halides is 5. The molecule has 0 nitrogen and oxygen atoms in total. The van der Waals surface area contributed by atoms with Crippen LogP contribution < -0.4 is 0 Å². The molecule has 16 heavy (non-hydrogen) atoms. The topological polar surface area (TPSA) is 0 Å². The molecule has 0 saturated carbocycles. The summed E-state index contributed by atoms with van der Waals surface area (Å²) in [6, 6.07) is 0. The van der Waals surface area contributed by atoms with Crippen molar-refractivity contribution in [2.45, 2.75) is 12.1 Å². The summed E-state index contributed by atoms with van der Waals surface area (Å²) in [4.78, 5) is 0. The second-order valence-corrected chi connectivity index (χ2v) is 2.28. The van der Waals surface area contributed by atoms with Gasteiger partial charge in [-0.25, -0.2) is 4.39 Å². The first kappa shape index (κ1) is 14.8. The smallest absolute Gasteiger partial charge is 0.200 e. The third-order valence-corrected chi connectivity index (χ3v) is 1.24. The van der Waals surface area contributed by atoms with Crippen LogP contribution >= 0.6 is 0 Å². The third kappa shape index (κ3) is 2.67. The minimum atomic E-state index is -6.61. The van der Waals surface area contributed by atoms with Crippen molar-refractivity contribution < 1.29 is 43.9 Å². The Balaban J connectivity index is 5.82. The SMILES string of the molecule is FC(F)=C(F)C(=C(F)F)C(F)(F)C(F)(F)F. The van der Waals surface area contributed by atoms with Gasteiger partial charge in [-0.1, -0.05) is 0 Å². The van der Waals surface area contributed by atoms with Crippen LogP contribution in [0.15, 0.2) is 23.6 Å². The standard InChI is InChI=1S/C6F10/c7-2(4(10)11)1(3(8)9)5(12,13)6(14,15)16. The summed E-state index contributed by atoms with van der Waals surface area (Å²) in [5.41, 5.74) is -3.68. The van der Waals surface area contributed by atoms with Gasteiger partial charge in [0.15, 0.2) is 0 Å². The van der Waals surface area contributed by atoms with Crippen molar-refractivity contribution in [2.75, 3.05) is 0 Å². The van der Waals surface area contributed by atoms with E-state index in [9.17, 15) is 43.9 Å². The number of hydrogen-bond donors (Lipinski definition) is 0. The van der Waals surface area contributed by atoms with E-state index in [1.807, 2.05) is 0 Å². The van der Waals surface area contributed by atoms with Gasteiger partial charge in [-0.3, -0.25) is 0 Å². The first-order chi connectivity index (χ1) is 6.93. The summed E-state index contributed by atoms with van der Waals surface area (Å²) >= 11 is 0. The molecule has 0 N–H and O–H groups in total. The minimum Gasteiger partial charge on any atom is -0.200 e. The average Bonchev–Trinajstić information content (AvgIpc) is 2.00. The van der Waals surface area contributed by atoms with Crippen LogP contribution in [0.5, 0.6) is 0 Å². The predicted molar refractivity (Wildman–Crippen MR) is 30.6 cm³/mol. The van der Waals surface area contributed by atoms with Gasteiger partial charge in [-0.15, -0.1) is 0 Å². The monoisotopic (exact) mass is 262 g/mol. The van der Waals surface area contributed by atoms with Crippen LogP contribution in [0.2, 0.25) is 0 Å². The molecule has 0 heterocycles. The van der Waals surface area contributed by atoms with Crippen LogP contribution in [-0.2, 0) is 0 Å². The summed E-state index contributed by atoms with van der Waals surface area (Å²) < 4.78 is 117. The van der Waals surface area contributed by atoms with Crippen molar-refractivity contribution in [3.63, 3.8) is 0 Å². The molecular weight excluding hydrogens is 262 g/mol. The molecular formula is C6F10. The zero-order valence-electron chi connectivity index (χ0n) is 6.78. The number of halogens is 10. The van der Waals surface area contributed by atoms with Gasteiger partial charge in [0, 0.05) is 0 Å². The first-order valence-electron chi connectivity index (χ1n) is 3.14. The van der Waals surface area contributed by atoms with E-state index in [4.69, 9.17) is 0 Å². The van der Waals surface area contributed by atoms with E-state index >= 15 is 0 Å². The zero-order valence-corrected chi connectivity index (χ0v) is 6.78. The van der Waals surface area contributed by atoms with E-state index in [-0.39, 0.29) is 0 Å². The lowest BCUT2D eigenvalue weighted by Crippen LogP contribution is -2.39. The summed E-state index contributed by atoms with van der Waals surface area (Å²) in [6.07, 6.45) is -14.2. The van der Waals surface area contributed by atoms with Crippen molar-refractivity contribution in [1.29, 1.82) is 0 Å². The Morgan fingerprint density at radius 2 is 1.00 bits per heavy atom. The molecule has 0 unspecified atom stereocenters. The molecule has 10 heteroatoms. The highest BCUT2D eigenvalue weighted by Gasteiger charge is 2.63. The largest absolute Gasteiger partial charge is 0.458 e. The average molecular weight is 262 g/mol. The van der Waals surface area contributed by atoms with E-state index in [0.29, 0.717) is 0 Å². The molecule has 0 aliphatic rings. The van der Waals surface area contributed by atoms with Gasteiger partial charge in [0.05, 0.1) is 0 Å². The van der Waals surface area contributed by atoms with E-state index in [2.05, 4.69) is 0 Å². The molecule has 0 amide bonds. The van der Waals surface area contributed by atoms with Gasteiger partial charge < -0.3 is 0 Å². The Morgan fingerprint density at radius 1 is 0.625 bits per heavy atom. The van der Waals surface area contributed by atoms with Crippen LogP contribution in [0.3, 0.4) is 0 Å². The second kappa shape index (κ2) is 4.34. The van der Waals surface area contributed by atoms with Crippen LogP contribution in [0, 0.1) is 0 Å². The van der Waals surface area contributed by atoms with E-state index < -0.39 is 35.7 Å². The molecule has 94 valence electrons. The normalized spacial score (nSPS) is 12.4. The second-order valence-electron chi connectivity index (χ2n) is 2.28. The Morgan fingerprint density at radius 3 is 1.19 bits per heavy atom. The molecule has 0 aromatic carbocycles. The van der Waals surface area contributed by atoms with Gasteiger partial charge >= 0.3 is 18.2 Å². The molecule has 0 saturated heterocycles. The lowest BCUT2D eigenvalue weighted by Gasteiger charge is -2.20. The fourth-order valence-electron chi connectivity index (χ4n) is 0.576. The molecule has 0 aliphatic heterocycles. The van der Waals surface area contributed by atoms with Gasteiger partial charge in [0.2, 0.25) is 5.83 Å². The maximum Gasteiger partial charge on any atom is 0.458 e. The molecule has 0 bridgehead atoms. The number of hydrogen-bond acceptors (Lipinski definition) is 0. The molecule has 0 aliphatic carbocycles. The van der Waals surface area contributed by atoms with Crippen molar-refractivity contribution in [1.82, 2.24) is 0 Å². The van der Waals surface area contributed by atoms with Crippen molar-refractivity contribution in [3.8, 4) is 0 Å². The van der Waals surface area contributed by atoms with Gasteiger partial charge in [-0.2, -0.15) is 39.5 Å². The van der Waals surface area contributed by atoms with Crippen LogP contribution in [-0.4, -0.2) is 12.1 Å². The highest BCUT2D eigenvalue weighted by molar-refractivity contribution is 5.34. The molecule has 0 rings (SSSR count). The lowest BCUT2D eigenvalue weighted by atomic mass is 10.1. The minimum absolute atomic E-state index is 3.60. The third-order valence-electron chi connectivity index (χ3n) is 1.24. The van der Waals surface area contributed by atoms with Gasteiger partial charge in [0.1, 0.15) is 5.57 Å². The van der Waals surface area contributed by atoms with E-state index in [1.165, 1.54) is 0 Å². The van der Waals surface area contributed by atoms with Gasteiger partial charge in [-0.05, 0) is 0 Å². The molecule has 0 fully saturated rings. The maximum absolute atomic E-state index is 12.2. The van der Waals surface area contributed by atoms with Gasteiger partial charge in [0.25, 0.3) is 6.08 Å². The predicted octanol–water partition coefficient (Wildman–Crippen LogP) is 4.41. The highest BCUT2D eigenvalue weighted by atomic mass is 19.4. The maximum atomic E-state index is 12.2. The van der Waals surface area contributed by atoms with E-state index in [1.54, 1.807) is 0 Å². The fourth-order valence-corrected chi connectivity index (χ4v) is 0.576. The van der Waals surface area contributed by atoms with Crippen LogP contribution in [0.1, 0.15) is 0 Å². The molecule has 0 spiro atoms. The van der Waals surface area contributed by atoms with Crippen molar-refractivity contribution in [3.05, 3.63) is 23.6 Å². The first-order valence-corrected chi connectivity index (χ1v) is 3.14. The summed E-state index contributed by atoms with van der Waals surface area (Å²) in [5.74, 6) is -10.00. The van der Waals surface area contributed by atoms with E-state index in [0.717, 1.165) is 0 Å². The Bertz CT molecular complexity index is 324. The number of allylic oxidation sites excluding steroid dienone is 2.